The highest BCUT2D eigenvalue weighted by Gasteiger charge is 2.62. The van der Waals surface area contributed by atoms with Crippen molar-refractivity contribution < 1.29 is 19.8 Å². The number of nitrogens with zero attached hydrogens (tertiary/aromatic N) is 1. The molecule has 4 rings (SSSR count). The largest absolute Gasteiger partial charge is 0.393 e. The number of hydrogen-bond donors (Lipinski definition) is 4. The van der Waals surface area contributed by atoms with Crippen LogP contribution < -0.4 is 10.6 Å². The first-order valence-corrected chi connectivity index (χ1v) is 22.8. The Morgan fingerprint density at radius 2 is 1.29 bits per heavy atom. The molecular weight excluding hydrogens is 695 g/mol. The van der Waals surface area contributed by atoms with E-state index in [4.69, 9.17) is 0 Å². The Hall–Kier alpha value is -2.48. The van der Waals surface area contributed by atoms with Gasteiger partial charge in [0.15, 0.2) is 0 Å². The smallest absolute Gasteiger partial charge is 0.220 e. The number of unbranched alkanes of at least 4 members (excludes halogenated alkanes) is 1. The number of fused-ring (bicyclic) bond motifs is 5. The number of carbonyl (C=O) groups excluding carboxylic acids is 2. The highest BCUT2D eigenvalue weighted by atomic mass is 16.3. The average Bonchev–Trinajstić information content (AvgIpc) is 3.53. The third-order valence-corrected chi connectivity index (χ3v) is 14.8. The summed E-state index contributed by atoms with van der Waals surface area (Å²) in [4.78, 5) is 27.3. The normalized spacial score (nSPS) is 32.5. The lowest BCUT2D eigenvalue weighted by molar-refractivity contribution is -0.174. The van der Waals surface area contributed by atoms with Crippen LogP contribution in [0.15, 0.2) is 60.8 Å². The van der Waals surface area contributed by atoms with Gasteiger partial charge in [0.25, 0.3) is 0 Å². The average molecular weight is 776 g/mol. The minimum absolute atomic E-state index is 0.103. The second-order valence-corrected chi connectivity index (χ2v) is 18.6. The maximum Gasteiger partial charge on any atom is 0.220 e. The molecular formula is C49H81N3O4. The highest BCUT2D eigenvalue weighted by molar-refractivity contribution is 5.76. The van der Waals surface area contributed by atoms with Crippen LogP contribution in [0.4, 0.5) is 0 Å². The van der Waals surface area contributed by atoms with Crippen molar-refractivity contribution in [2.45, 2.75) is 155 Å². The fourth-order valence-electron chi connectivity index (χ4n) is 11.5. The number of hydrogen-bond acceptors (Lipinski definition) is 5. The van der Waals surface area contributed by atoms with Gasteiger partial charge in [0, 0.05) is 39.0 Å². The van der Waals surface area contributed by atoms with Gasteiger partial charge in [-0.25, -0.2) is 0 Å². The van der Waals surface area contributed by atoms with Gasteiger partial charge < -0.3 is 25.7 Å². The summed E-state index contributed by atoms with van der Waals surface area (Å²) in [5.41, 5.74) is 0.496. The van der Waals surface area contributed by atoms with E-state index in [2.05, 4.69) is 104 Å². The Morgan fingerprint density at radius 3 is 1.91 bits per heavy atom. The van der Waals surface area contributed by atoms with Gasteiger partial charge in [-0.3, -0.25) is 9.59 Å². The molecule has 7 nitrogen and oxygen atoms in total. The van der Waals surface area contributed by atoms with E-state index >= 15 is 0 Å². The van der Waals surface area contributed by atoms with Crippen LogP contribution in [0.5, 0.6) is 0 Å². The molecule has 0 spiro atoms. The van der Waals surface area contributed by atoms with Crippen molar-refractivity contribution in [1.82, 2.24) is 15.5 Å². The second-order valence-electron chi connectivity index (χ2n) is 18.6. The van der Waals surface area contributed by atoms with E-state index in [1.54, 1.807) is 0 Å². The summed E-state index contributed by atoms with van der Waals surface area (Å²) < 4.78 is 0. The Bertz CT molecular complexity index is 1340. The van der Waals surface area contributed by atoms with Crippen molar-refractivity contribution in [3.63, 3.8) is 0 Å². The van der Waals surface area contributed by atoms with Crippen molar-refractivity contribution in [2.24, 2.45) is 46.3 Å². The first-order chi connectivity index (χ1) is 27.0. The zero-order valence-electron chi connectivity index (χ0n) is 36.1. The molecule has 56 heavy (non-hydrogen) atoms. The maximum atomic E-state index is 12.9. The number of allylic oxidation sites excluding steroid dienone is 10. The number of aliphatic hydroxyl groups excluding tert-OH is 2. The van der Waals surface area contributed by atoms with Crippen LogP contribution in [0.3, 0.4) is 0 Å². The number of rotatable bonds is 23. The van der Waals surface area contributed by atoms with Crippen LogP contribution in [0, 0.1) is 46.3 Å². The van der Waals surface area contributed by atoms with Gasteiger partial charge in [-0.2, -0.15) is 0 Å². The molecule has 4 aliphatic carbocycles. The molecule has 316 valence electrons. The van der Waals surface area contributed by atoms with E-state index in [0.29, 0.717) is 61.4 Å². The topological polar surface area (TPSA) is 102 Å². The predicted molar refractivity (Wildman–Crippen MR) is 233 cm³/mol. The Balaban J connectivity index is 1.01. The minimum Gasteiger partial charge on any atom is -0.393 e. The maximum absolute atomic E-state index is 12.9. The number of aliphatic hydroxyl groups is 2. The van der Waals surface area contributed by atoms with Gasteiger partial charge in [-0.1, -0.05) is 88.5 Å². The molecule has 2 amide bonds. The van der Waals surface area contributed by atoms with E-state index < -0.39 is 0 Å². The quantitative estimate of drug-likeness (QED) is 0.0612. The van der Waals surface area contributed by atoms with Crippen molar-refractivity contribution in [3.05, 3.63) is 60.8 Å². The molecule has 4 saturated carbocycles. The van der Waals surface area contributed by atoms with Crippen LogP contribution in [0.25, 0.3) is 0 Å². The first kappa shape index (κ1) is 46.2. The molecule has 0 aliphatic heterocycles. The summed E-state index contributed by atoms with van der Waals surface area (Å²) in [5.74, 6) is 3.30. The number of likely N-dealkylation sites (N-methyl/N-ethyl adjacent to an activating group) is 1. The van der Waals surface area contributed by atoms with E-state index in [0.717, 1.165) is 90.1 Å². The van der Waals surface area contributed by atoms with Crippen LogP contribution in [0.2, 0.25) is 0 Å². The lowest BCUT2D eigenvalue weighted by Crippen LogP contribution is -2.58. The fraction of sp³-hybridized carbons (Fsp3) is 0.755. The van der Waals surface area contributed by atoms with Gasteiger partial charge in [-0.05, 0) is 156 Å². The monoisotopic (exact) mass is 776 g/mol. The molecule has 4 aliphatic rings. The summed E-state index contributed by atoms with van der Waals surface area (Å²) in [7, 11) is 2.04. The number of carbonyl (C=O) groups is 2. The van der Waals surface area contributed by atoms with Crippen molar-refractivity contribution >= 4 is 11.8 Å². The SMILES string of the molecule is CC/C=C\C/C=C\C/C=C\C/C=C\C/C=C\CCCC(=O)NCCN(C)CCNC(=O)CC[C@@H](C)C1CC[C@H]2[C@@H]3[C@H](O)C[C@@H]4C[C@H](O)CC[C@]4(C)[C@H]3CC[C@]12C. The van der Waals surface area contributed by atoms with Crippen molar-refractivity contribution in [2.75, 3.05) is 33.2 Å². The van der Waals surface area contributed by atoms with Crippen LogP contribution in [-0.4, -0.2) is 72.4 Å². The summed E-state index contributed by atoms with van der Waals surface area (Å²) in [5, 5.41) is 28.1. The van der Waals surface area contributed by atoms with Gasteiger partial charge in [0.1, 0.15) is 0 Å². The fourth-order valence-corrected chi connectivity index (χ4v) is 11.5. The summed E-state index contributed by atoms with van der Waals surface area (Å²) in [6, 6.07) is 0. The molecule has 0 radical (unpaired) electrons. The van der Waals surface area contributed by atoms with Gasteiger partial charge in [-0.15, -0.1) is 0 Å². The molecule has 4 N–H and O–H groups in total. The van der Waals surface area contributed by atoms with Crippen molar-refractivity contribution in [3.8, 4) is 0 Å². The van der Waals surface area contributed by atoms with Crippen LogP contribution in [0.1, 0.15) is 143 Å². The van der Waals surface area contributed by atoms with Crippen LogP contribution in [-0.2, 0) is 9.59 Å². The Labute approximate surface area is 342 Å². The molecule has 4 fully saturated rings. The summed E-state index contributed by atoms with van der Waals surface area (Å²) in [6.07, 6.45) is 38.9. The third kappa shape index (κ3) is 13.5. The second kappa shape index (κ2) is 23.8. The van der Waals surface area contributed by atoms with Gasteiger partial charge >= 0.3 is 0 Å². The molecule has 1 unspecified atom stereocenters. The zero-order chi connectivity index (χ0) is 40.4. The number of nitrogens with one attached hydrogen (secondary N) is 2. The lowest BCUT2D eigenvalue weighted by atomic mass is 9.43. The van der Waals surface area contributed by atoms with E-state index in [-0.39, 0.29) is 34.9 Å². The lowest BCUT2D eigenvalue weighted by Gasteiger charge is -2.62. The standard InChI is InChI=1S/C49H81N3O4/c1-6-7-8-9-10-11-12-13-14-15-16-17-18-19-20-21-22-23-45(55)50-32-34-52(5)35-33-51-46(56)27-24-38(2)41-25-26-42-47-43(29-31-49(41,42)4)48(3)30-28-40(53)36-39(48)37-44(47)54/h7-8,10-11,13-14,16-17,19-20,38-44,47,53-54H,6,9,12,15,18,21-37H2,1-5H3,(H,50,55)(H,51,56)/b8-7-,11-10-,14-13-,17-16-,20-19-/t38-,39+,40-,41?,42+,43+,44-,47+,48+,49-/m1/s1. The van der Waals surface area contributed by atoms with Crippen molar-refractivity contribution in [1.29, 1.82) is 0 Å². The van der Waals surface area contributed by atoms with Gasteiger partial charge in [0.2, 0.25) is 11.8 Å². The molecule has 0 aromatic carbocycles. The Kier molecular flexibility index (Phi) is 19.6. The summed E-state index contributed by atoms with van der Waals surface area (Å²) in [6.45, 7) is 12.3. The Morgan fingerprint density at radius 1 is 0.732 bits per heavy atom. The zero-order valence-corrected chi connectivity index (χ0v) is 36.1. The van der Waals surface area contributed by atoms with E-state index in [1.807, 2.05) is 7.05 Å². The van der Waals surface area contributed by atoms with Gasteiger partial charge in [0.05, 0.1) is 12.2 Å². The molecule has 0 saturated heterocycles. The first-order valence-electron chi connectivity index (χ1n) is 22.8. The minimum atomic E-state index is -0.243. The predicted octanol–water partition coefficient (Wildman–Crippen LogP) is 9.48. The third-order valence-electron chi connectivity index (χ3n) is 14.8. The molecule has 7 heteroatoms. The van der Waals surface area contributed by atoms with E-state index in [1.165, 1.54) is 25.7 Å². The van der Waals surface area contributed by atoms with Crippen LogP contribution >= 0.6 is 0 Å². The van der Waals surface area contributed by atoms with E-state index in [9.17, 15) is 19.8 Å². The molecule has 0 bridgehead atoms. The molecule has 10 atom stereocenters. The molecule has 0 heterocycles. The summed E-state index contributed by atoms with van der Waals surface area (Å²) >= 11 is 0. The number of amides is 2. The molecule has 0 aromatic heterocycles. The molecule has 0 aromatic rings. The highest BCUT2D eigenvalue weighted by Crippen LogP contribution is 2.68.